The summed E-state index contributed by atoms with van der Waals surface area (Å²) >= 11 is 0. The number of carbonyl (C=O) groups is 1. The molecule has 27 heavy (non-hydrogen) atoms. The van der Waals surface area contributed by atoms with Gasteiger partial charge >= 0.3 is 0 Å². The predicted octanol–water partition coefficient (Wildman–Crippen LogP) is 3.88. The van der Waals surface area contributed by atoms with Crippen LogP contribution in [0.1, 0.15) is 43.7 Å². The van der Waals surface area contributed by atoms with Gasteiger partial charge in [0, 0.05) is 24.3 Å². The van der Waals surface area contributed by atoms with Crippen molar-refractivity contribution in [2.24, 2.45) is 0 Å². The third kappa shape index (κ3) is 3.86. The van der Waals surface area contributed by atoms with Crippen molar-refractivity contribution >= 4 is 27.3 Å². The summed E-state index contributed by atoms with van der Waals surface area (Å²) in [5, 5.41) is 0. The number of carbonyl (C=O) groups excluding carboxylic acids is 1. The summed E-state index contributed by atoms with van der Waals surface area (Å²) < 4.78 is 28.2. The molecule has 2 aliphatic carbocycles. The Morgan fingerprint density at radius 1 is 1.00 bits per heavy atom. The first kappa shape index (κ1) is 18.0. The van der Waals surface area contributed by atoms with Crippen molar-refractivity contribution in [2.75, 3.05) is 9.62 Å². The number of nitrogens with one attached hydrogen (secondary N) is 1. The fraction of sp³-hybridized carbons (Fsp3) is 0.381. The molecule has 6 heteroatoms. The molecule has 0 aliphatic heterocycles. The minimum atomic E-state index is -3.63. The monoisotopic (exact) mass is 384 g/mol. The standard InChI is InChI=1S/C21H24N2O3S/c1-15(24)23(20-11-12-20)19-9-7-18(8-10-19)22-27(25,26)21-13-6-16-4-2-3-5-17(16)14-21/h6-10,13-14,20,22H,2-5,11-12H2,1H3. The second kappa shape index (κ2) is 7.00. The van der Waals surface area contributed by atoms with Crippen molar-refractivity contribution < 1.29 is 13.2 Å². The van der Waals surface area contributed by atoms with E-state index in [2.05, 4.69) is 4.72 Å². The Labute approximate surface area is 160 Å². The maximum absolute atomic E-state index is 12.8. The first-order valence-corrected chi connectivity index (χ1v) is 11.0. The Morgan fingerprint density at radius 3 is 2.30 bits per heavy atom. The minimum Gasteiger partial charge on any atom is -0.310 e. The Hall–Kier alpha value is -2.34. The quantitative estimate of drug-likeness (QED) is 0.851. The molecule has 1 fully saturated rings. The Balaban J connectivity index is 1.53. The summed E-state index contributed by atoms with van der Waals surface area (Å²) in [6.07, 6.45) is 6.28. The highest BCUT2D eigenvalue weighted by Crippen LogP contribution is 2.32. The Bertz CT molecular complexity index is 963. The van der Waals surface area contributed by atoms with E-state index in [1.807, 2.05) is 6.07 Å². The van der Waals surface area contributed by atoms with Crippen LogP contribution in [0.2, 0.25) is 0 Å². The average Bonchev–Trinajstić information content (AvgIpc) is 3.47. The van der Waals surface area contributed by atoms with Gasteiger partial charge in [0.15, 0.2) is 0 Å². The molecule has 0 unspecified atom stereocenters. The number of rotatable bonds is 5. The predicted molar refractivity (Wildman–Crippen MR) is 107 cm³/mol. The van der Waals surface area contributed by atoms with E-state index in [1.165, 1.54) is 12.0 Å². The third-order valence-electron chi connectivity index (χ3n) is 5.28. The molecule has 2 aliphatic rings. The van der Waals surface area contributed by atoms with E-state index in [1.54, 1.807) is 48.2 Å². The summed E-state index contributed by atoms with van der Waals surface area (Å²) in [4.78, 5) is 13.9. The molecule has 2 aromatic carbocycles. The lowest BCUT2D eigenvalue weighted by Gasteiger charge is -2.21. The molecule has 5 nitrogen and oxygen atoms in total. The number of aryl methyl sites for hydroxylation is 2. The molecule has 4 rings (SSSR count). The Morgan fingerprint density at radius 2 is 1.67 bits per heavy atom. The van der Waals surface area contributed by atoms with E-state index in [0.29, 0.717) is 10.6 Å². The molecular weight excluding hydrogens is 360 g/mol. The lowest BCUT2D eigenvalue weighted by atomic mass is 9.92. The third-order valence-corrected chi connectivity index (χ3v) is 6.66. The molecule has 2 aromatic rings. The van der Waals surface area contributed by atoms with E-state index in [-0.39, 0.29) is 11.9 Å². The fourth-order valence-electron chi connectivity index (χ4n) is 3.76. The van der Waals surface area contributed by atoms with Crippen LogP contribution >= 0.6 is 0 Å². The van der Waals surface area contributed by atoms with Crippen LogP contribution in [0.3, 0.4) is 0 Å². The molecule has 0 heterocycles. The van der Waals surface area contributed by atoms with Crippen LogP contribution in [-0.4, -0.2) is 20.4 Å². The maximum atomic E-state index is 12.8. The van der Waals surface area contributed by atoms with E-state index in [0.717, 1.165) is 43.4 Å². The summed E-state index contributed by atoms with van der Waals surface area (Å²) in [5.74, 6) is 0.0138. The summed E-state index contributed by atoms with van der Waals surface area (Å²) in [6, 6.07) is 12.7. The minimum absolute atomic E-state index is 0.0138. The van der Waals surface area contributed by atoms with Gasteiger partial charge in [-0.05, 0) is 86.1 Å². The highest BCUT2D eigenvalue weighted by molar-refractivity contribution is 7.92. The number of fused-ring (bicyclic) bond motifs is 1. The highest BCUT2D eigenvalue weighted by atomic mass is 32.2. The van der Waals surface area contributed by atoms with Gasteiger partial charge in [-0.2, -0.15) is 0 Å². The lowest BCUT2D eigenvalue weighted by Crippen LogP contribution is -2.30. The van der Waals surface area contributed by atoms with Crippen molar-refractivity contribution in [3.05, 3.63) is 53.6 Å². The van der Waals surface area contributed by atoms with Gasteiger partial charge in [0.1, 0.15) is 0 Å². The molecule has 0 spiro atoms. The molecule has 0 aromatic heterocycles. The Kier molecular flexibility index (Phi) is 4.68. The summed E-state index contributed by atoms with van der Waals surface area (Å²) in [7, 11) is -3.63. The maximum Gasteiger partial charge on any atom is 0.261 e. The number of hydrogen-bond acceptors (Lipinski definition) is 3. The van der Waals surface area contributed by atoms with Crippen molar-refractivity contribution in [1.29, 1.82) is 0 Å². The van der Waals surface area contributed by atoms with Gasteiger partial charge < -0.3 is 4.90 Å². The molecule has 1 saturated carbocycles. The molecule has 0 atom stereocenters. The highest BCUT2D eigenvalue weighted by Gasteiger charge is 2.31. The van der Waals surface area contributed by atoms with Crippen molar-refractivity contribution in [2.45, 2.75) is 56.4 Å². The van der Waals surface area contributed by atoms with Gasteiger partial charge in [0.25, 0.3) is 10.0 Å². The summed E-state index contributed by atoms with van der Waals surface area (Å²) in [6.45, 7) is 1.56. The molecule has 0 radical (unpaired) electrons. The number of sulfonamides is 1. The van der Waals surface area contributed by atoms with Crippen LogP contribution < -0.4 is 9.62 Å². The molecule has 0 bridgehead atoms. The largest absolute Gasteiger partial charge is 0.310 e. The zero-order chi connectivity index (χ0) is 19.0. The first-order valence-electron chi connectivity index (χ1n) is 9.48. The zero-order valence-corrected chi connectivity index (χ0v) is 16.3. The first-order chi connectivity index (χ1) is 12.9. The van der Waals surface area contributed by atoms with E-state index >= 15 is 0 Å². The van der Waals surface area contributed by atoms with Gasteiger partial charge in [0.2, 0.25) is 5.91 Å². The van der Waals surface area contributed by atoms with Crippen molar-refractivity contribution in [3.63, 3.8) is 0 Å². The number of benzene rings is 2. The van der Waals surface area contributed by atoms with Crippen LogP contribution in [0.5, 0.6) is 0 Å². The molecule has 0 saturated heterocycles. The molecule has 142 valence electrons. The number of anilines is 2. The van der Waals surface area contributed by atoms with E-state index in [9.17, 15) is 13.2 Å². The normalized spacial score (nSPS) is 16.5. The van der Waals surface area contributed by atoms with Crippen LogP contribution in [0.15, 0.2) is 47.4 Å². The molecule has 1 amide bonds. The van der Waals surface area contributed by atoms with Crippen molar-refractivity contribution in [3.8, 4) is 0 Å². The number of amides is 1. The van der Waals surface area contributed by atoms with Gasteiger partial charge in [-0.3, -0.25) is 9.52 Å². The topological polar surface area (TPSA) is 66.5 Å². The summed E-state index contributed by atoms with van der Waals surface area (Å²) in [5.41, 5.74) is 3.70. The van der Waals surface area contributed by atoms with E-state index in [4.69, 9.17) is 0 Å². The van der Waals surface area contributed by atoms with Gasteiger partial charge in [-0.25, -0.2) is 8.42 Å². The van der Waals surface area contributed by atoms with Gasteiger partial charge in [-0.1, -0.05) is 6.07 Å². The van der Waals surface area contributed by atoms with E-state index < -0.39 is 10.0 Å². The van der Waals surface area contributed by atoms with Crippen molar-refractivity contribution in [1.82, 2.24) is 0 Å². The zero-order valence-electron chi connectivity index (χ0n) is 15.4. The van der Waals surface area contributed by atoms with Crippen LogP contribution in [0, 0.1) is 0 Å². The van der Waals surface area contributed by atoms with Crippen LogP contribution in [-0.2, 0) is 27.7 Å². The van der Waals surface area contributed by atoms with Gasteiger partial charge in [-0.15, -0.1) is 0 Å². The SMILES string of the molecule is CC(=O)N(c1ccc(NS(=O)(=O)c2ccc3c(c2)CCCC3)cc1)C1CC1. The lowest BCUT2D eigenvalue weighted by molar-refractivity contribution is -0.116. The second-order valence-corrected chi connectivity index (χ2v) is 9.09. The molecule has 1 N–H and O–H groups in total. The van der Waals surface area contributed by atoms with Crippen LogP contribution in [0.4, 0.5) is 11.4 Å². The van der Waals surface area contributed by atoms with Crippen LogP contribution in [0.25, 0.3) is 0 Å². The van der Waals surface area contributed by atoms with Gasteiger partial charge in [0.05, 0.1) is 4.90 Å². The fourth-order valence-corrected chi connectivity index (χ4v) is 4.87. The number of hydrogen-bond donors (Lipinski definition) is 1. The second-order valence-electron chi connectivity index (χ2n) is 7.41. The molecular formula is C21H24N2O3S. The number of nitrogens with zero attached hydrogens (tertiary/aromatic N) is 1. The smallest absolute Gasteiger partial charge is 0.261 e. The average molecular weight is 385 g/mol.